The first kappa shape index (κ1) is 14.1. The molecule has 0 aliphatic rings. The Kier molecular flexibility index (Phi) is 6.42. The third-order valence-corrected chi connectivity index (χ3v) is 2.54. The first-order valence-corrected chi connectivity index (χ1v) is 5.74. The van der Waals surface area contributed by atoms with Gasteiger partial charge < -0.3 is 4.74 Å². The van der Waals surface area contributed by atoms with Gasteiger partial charge in [-0.05, 0) is 6.07 Å². The lowest BCUT2D eigenvalue weighted by molar-refractivity contribution is 0.145. The molecule has 0 atom stereocenters. The van der Waals surface area contributed by atoms with Crippen LogP contribution in [0.4, 0.5) is 0 Å². The van der Waals surface area contributed by atoms with Crippen molar-refractivity contribution in [2.75, 3.05) is 26.8 Å². The predicted octanol–water partition coefficient (Wildman–Crippen LogP) is 1.32. The SMILES string of the molecule is COCCN(CCC#N)Cc1cccnc1C#N. The number of methoxy groups -OCH3 is 1. The van der Waals surface area contributed by atoms with Crippen LogP contribution >= 0.6 is 0 Å². The van der Waals surface area contributed by atoms with E-state index < -0.39 is 0 Å². The molecule has 18 heavy (non-hydrogen) atoms. The van der Waals surface area contributed by atoms with Gasteiger partial charge >= 0.3 is 0 Å². The van der Waals surface area contributed by atoms with Gasteiger partial charge in [0.2, 0.25) is 0 Å². The van der Waals surface area contributed by atoms with E-state index in [1.54, 1.807) is 13.3 Å². The number of hydrogen-bond donors (Lipinski definition) is 0. The third kappa shape index (κ3) is 4.50. The fourth-order valence-electron chi connectivity index (χ4n) is 1.61. The van der Waals surface area contributed by atoms with Gasteiger partial charge in [-0.15, -0.1) is 0 Å². The molecule has 0 fully saturated rings. The molecule has 0 amide bonds. The molecular formula is C13H16N4O. The van der Waals surface area contributed by atoms with Gasteiger partial charge in [0.05, 0.1) is 12.7 Å². The molecule has 0 aromatic carbocycles. The van der Waals surface area contributed by atoms with Crippen molar-refractivity contribution in [3.05, 3.63) is 29.6 Å². The van der Waals surface area contributed by atoms with Gasteiger partial charge in [-0.2, -0.15) is 10.5 Å². The normalized spacial score (nSPS) is 10.0. The predicted molar refractivity (Wildman–Crippen MR) is 66.3 cm³/mol. The van der Waals surface area contributed by atoms with Crippen LogP contribution < -0.4 is 0 Å². The fraction of sp³-hybridized carbons (Fsp3) is 0.462. The Hall–Kier alpha value is -1.95. The van der Waals surface area contributed by atoms with Crippen molar-refractivity contribution in [2.45, 2.75) is 13.0 Å². The van der Waals surface area contributed by atoms with Crippen molar-refractivity contribution in [1.29, 1.82) is 10.5 Å². The molecule has 0 saturated carbocycles. The second-order valence-corrected chi connectivity index (χ2v) is 3.80. The summed E-state index contributed by atoms with van der Waals surface area (Å²) in [6.07, 6.45) is 2.07. The molecule has 0 aliphatic carbocycles. The van der Waals surface area contributed by atoms with E-state index in [4.69, 9.17) is 15.3 Å². The highest BCUT2D eigenvalue weighted by Gasteiger charge is 2.09. The average Bonchev–Trinajstić information content (AvgIpc) is 2.42. The smallest absolute Gasteiger partial charge is 0.144 e. The van der Waals surface area contributed by atoms with Crippen LogP contribution in [0.1, 0.15) is 17.7 Å². The summed E-state index contributed by atoms with van der Waals surface area (Å²) < 4.78 is 5.04. The number of aromatic nitrogens is 1. The second-order valence-electron chi connectivity index (χ2n) is 3.80. The van der Waals surface area contributed by atoms with Crippen molar-refractivity contribution < 1.29 is 4.74 Å². The Morgan fingerprint density at radius 1 is 1.39 bits per heavy atom. The van der Waals surface area contributed by atoms with Gasteiger partial charge in [0.25, 0.3) is 0 Å². The molecule has 5 heteroatoms. The van der Waals surface area contributed by atoms with Crippen molar-refractivity contribution >= 4 is 0 Å². The van der Waals surface area contributed by atoms with Crippen molar-refractivity contribution in [3.63, 3.8) is 0 Å². The maximum Gasteiger partial charge on any atom is 0.144 e. The summed E-state index contributed by atoms with van der Waals surface area (Å²) >= 11 is 0. The Balaban J connectivity index is 2.69. The first-order chi connectivity index (χ1) is 8.81. The summed E-state index contributed by atoms with van der Waals surface area (Å²) in [5.41, 5.74) is 1.32. The molecule has 1 aromatic heterocycles. The van der Waals surface area contributed by atoms with Crippen LogP contribution in [0.5, 0.6) is 0 Å². The van der Waals surface area contributed by atoms with E-state index in [1.807, 2.05) is 12.1 Å². The molecule has 1 heterocycles. The Bertz CT molecular complexity index is 447. The van der Waals surface area contributed by atoms with E-state index in [0.29, 0.717) is 31.8 Å². The Morgan fingerprint density at radius 3 is 2.89 bits per heavy atom. The van der Waals surface area contributed by atoms with Crippen LogP contribution in [0.3, 0.4) is 0 Å². The topological polar surface area (TPSA) is 72.9 Å². The minimum absolute atomic E-state index is 0.442. The molecule has 0 spiro atoms. The van der Waals surface area contributed by atoms with Crippen LogP contribution in [0.15, 0.2) is 18.3 Å². The molecular weight excluding hydrogens is 228 g/mol. The number of pyridine rings is 1. The summed E-state index contributed by atoms with van der Waals surface area (Å²) in [5, 5.41) is 17.6. The molecule has 1 aromatic rings. The van der Waals surface area contributed by atoms with E-state index in [1.165, 1.54) is 0 Å². The van der Waals surface area contributed by atoms with Crippen LogP contribution in [-0.4, -0.2) is 36.7 Å². The number of nitrogens with zero attached hydrogens (tertiary/aromatic N) is 4. The van der Waals surface area contributed by atoms with E-state index in [2.05, 4.69) is 22.0 Å². The lowest BCUT2D eigenvalue weighted by Gasteiger charge is -2.20. The quantitative estimate of drug-likeness (QED) is 0.723. The summed E-state index contributed by atoms with van der Waals surface area (Å²) in [6, 6.07) is 7.91. The van der Waals surface area contributed by atoms with E-state index in [0.717, 1.165) is 12.1 Å². The van der Waals surface area contributed by atoms with E-state index in [-0.39, 0.29) is 0 Å². The molecule has 5 nitrogen and oxygen atoms in total. The molecule has 0 N–H and O–H groups in total. The summed E-state index contributed by atoms with van der Waals surface area (Å²) in [4.78, 5) is 6.11. The summed E-state index contributed by atoms with van der Waals surface area (Å²) in [7, 11) is 1.65. The molecule has 0 saturated heterocycles. The van der Waals surface area contributed by atoms with Gasteiger partial charge in [0.1, 0.15) is 11.8 Å². The maximum absolute atomic E-state index is 8.98. The monoisotopic (exact) mass is 244 g/mol. The van der Waals surface area contributed by atoms with Crippen LogP contribution in [-0.2, 0) is 11.3 Å². The van der Waals surface area contributed by atoms with E-state index in [9.17, 15) is 0 Å². The number of rotatable bonds is 7. The third-order valence-electron chi connectivity index (χ3n) is 2.54. The van der Waals surface area contributed by atoms with Gasteiger partial charge in [-0.3, -0.25) is 4.90 Å². The van der Waals surface area contributed by atoms with Crippen molar-refractivity contribution in [3.8, 4) is 12.1 Å². The van der Waals surface area contributed by atoms with Gasteiger partial charge in [-0.1, -0.05) is 6.07 Å². The van der Waals surface area contributed by atoms with Gasteiger partial charge in [0.15, 0.2) is 0 Å². The van der Waals surface area contributed by atoms with Crippen molar-refractivity contribution in [2.24, 2.45) is 0 Å². The van der Waals surface area contributed by atoms with Crippen LogP contribution in [0.25, 0.3) is 0 Å². The molecule has 0 bridgehead atoms. The lowest BCUT2D eigenvalue weighted by atomic mass is 10.2. The molecule has 0 unspecified atom stereocenters. The van der Waals surface area contributed by atoms with Crippen LogP contribution in [0.2, 0.25) is 0 Å². The lowest BCUT2D eigenvalue weighted by Crippen LogP contribution is -2.28. The number of ether oxygens (including phenoxy) is 1. The van der Waals surface area contributed by atoms with Crippen molar-refractivity contribution in [1.82, 2.24) is 9.88 Å². The first-order valence-electron chi connectivity index (χ1n) is 5.74. The zero-order valence-corrected chi connectivity index (χ0v) is 10.5. The Morgan fingerprint density at radius 2 is 2.22 bits per heavy atom. The second kappa shape index (κ2) is 8.19. The molecule has 1 rings (SSSR count). The summed E-state index contributed by atoms with van der Waals surface area (Å²) in [6.45, 7) is 2.62. The van der Waals surface area contributed by atoms with E-state index >= 15 is 0 Å². The maximum atomic E-state index is 8.98. The fourth-order valence-corrected chi connectivity index (χ4v) is 1.61. The largest absolute Gasteiger partial charge is 0.383 e. The minimum atomic E-state index is 0.442. The Labute approximate surface area is 107 Å². The zero-order chi connectivity index (χ0) is 13.2. The average molecular weight is 244 g/mol. The molecule has 94 valence electrons. The highest BCUT2D eigenvalue weighted by molar-refractivity contribution is 5.30. The zero-order valence-electron chi connectivity index (χ0n) is 10.5. The standard InChI is InChI=1S/C13H16N4O/c1-18-9-8-17(7-3-5-14)11-12-4-2-6-16-13(12)10-15/h2,4,6H,3,7-9,11H2,1H3. The molecule has 0 aliphatic heterocycles. The van der Waals surface area contributed by atoms with Crippen LogP contribution in [0, 0.1) is 22.7 Å². The minimum Gasteiger partial charge on any atom is -0.383 e. The highest BCUT2D eigenvalue weighted by Crippen LogP contribution is 2.08. The number of hydrogen-bond acceptors (Lipinski definition) is 5. The van der Waals surface area contributed by atoms with Gasteiger partial charge in [-0.25, -0.2) is 4.98 Å². The highest BCUT2D eigenvalue weighted by atomic mass is 16.5. The summed E-state index contributed by atoms with van der Waals surface area (Å²) in [5.74, 6) is 0. The molecule has 0 radical (unpaired) electrons. The number of nitriles is 2. The van der Waals surface area contributed by atoms with Gasteiger partial charge in [0, 0.05) is 44.9 Å².